The van der Waals surface area contributed by atoms with Crippen LogP contribution in [0.5, 0.6) is 0 Å². The summed E-state index contributed by atoms with van der Waals surface area (Å²) in [6.07, 6.45) is 2.37. The van der Waals surface area contributed by atoms with Crippen LogP contribution in [-0.4, -0.2) is 34.7 Å². The summed E-state index contributed by atoms with van der Waals surface area (Å²) in [7, 11) is 0. The summed E-state index contributed by atoms with van der Waals surface area (Å²) in [5, 5.41) is 22.1. The van der Waals surface area contributed by atoms with Crippen LogP contribution in [-0.2, 0) is 0 Å². The molecule has 2 N–H and O–H groups in total. The Morgan fingerprint density at radius 3 is 2.73 bits per heavy atom. The summed E-state index contributed by atoms with van der Waals surface area (Å²) in [5.74, 6) is 0.808. The fourth-order valence-electron chi connectivity index (χ4n) is 3.78. The van der Waals surface area contributed by atoms with Gasteiger partial charge in [0.1, 0.15) is 0 Å². The van der Waals surface area contributed by atoms with Crippen LogP contribution in [0.25, 0.3) is 0 Å². The van der Waals surface area contributed by atoms with Crippen molar-refractivity contribution in [1.29, 1.82) is 5.26 Å². The van der Waals surface area contributed by atoms with Crippen LogP contribution < -0.4 is 5.32 Å². The third-order valence-corrected chi connectivity index (χ3v) is 5.05. The van der Waals surface area contributed by atoms with E-state index < -0.39 is 5.60 Å². The van der Waals surface area contributed by atoms with Crippen LogP contribution in [0.1, 0.15) is 31.7 Å². The highest BCUT2D eigenvalue weighted by molar-refractivity contribution is 5.89. The number of hydrogen-bond acceptors (Lipinski definition) is 3. The molecule has 1 aromatic rings. The number of benzene rings is 1. The minimum absolute atomic E-state index is 0.121. The molecular weight excluding hydrogens is 278 g/mol. The summed E-state index contributed by atoms with van der Waals surface area (Å²) in [6.45, 7) is 3.43. The standard InChI is InChI=1S/C17H21N3O2/c1-2-17(22)7-13-10-20(11-14(13)8-17)16(21)19-15-5-3-4-12(6-15)9-18/h3-6,13-14,22H,2,7-8,10-11H2,1H3,(H,19,21). The Hall–Kier alpha value is -2.06. The number of carbonyl (C=O) groups is 1. The lowest BCUT2D eigenvalue weighted by atomic mass is 9.97. The van der Waals surface area contributed by atoms with E-state index in [4.69, 9.17) is 5.26 Å². The third-order valence-electron chi connectivity index (χ3n) is 5.05. The van der Waals surface area contributed by atoms with Crippen molar-refractivity contribution in [3.05, 3.63) is 29.8 Å². The first-order valence-electron chi connectivity index (χ1n) is 7.81. The largest absolute Gasteiger partial charge is 0.390 e. The van der Waals surface area contributed by atoms with E-state index in [2.05, 4.69) is 11.4 Å². The second-order valence-corrected chi connectivity index (χ2v) is 6.53. The van der Waals surface area contributed by atoms with Crippen molar-refractivity contribution in [3.8, 4) is 6.07 Å². The van der Waals surface area contributed by atoms with Gasteiger partial charge in [-0.3, -0.25) is 0 Å². The fraction of sp³-hybridized carbons (Fsp3) is 0.529. The van der Waals surface area contributed by atoms with Gasteiger partial charge in [0.25, 0.3) is 0 Å². The normalized spacial score (nSPS) is 30.0. The molecule has 116 valence electrons. The monoisotopic (exact) mass is 299 g/mol. The number of amides is 2. The molecule has 1 heterocycles. The molecular formula is C17H21N3O2. The highest BCUT2D eigenvalue weighted by Crippen LogP contribution is 2.45. The minimum atomic E-state index is -0.529. The number of rotatable bonds is 2. The number of hydrogen-bond donors (Lipinski definition) is 2. The molecule has 1 aromatic carbocycles. The Kier molecular flexibility index (Phi) is 3.79. The Bertz CT molecular complexity index is 609. The first kappa shape index (κ1) is 14.9. The summed E-state index contributed by atoms with van der Waals surface area (Å²) in [6, 6.07) is 8.87. The maximum atomic E-state index is 12.3. The van der Waals surface area contributed by atoms with Crippen molar-refractivity contribution in [3.63, 3.8) is 0 Å². The van der Waals surface area contributed by atoms with Crippen molar-refractivity contribution in [2.24, 2.45) is 11.8 Å². The van der Waals surface area contributed by atoms with Gasteiger partial charge in [-0.2, -0.15) is 5.26 Å². The van der Waals surface area contributed by atoms with Gasteiger partial charge in [0.2, 0.25) is 0 Å². The van der Waals surface area contributed by atoms with Gasteiger partial charge in [-0.1, -0.05) is 13.0 Å². The van der Waals surface area contributed by atoms with Crippen LogP contribution >= 0.6 is 0 Å². The summed E-state index contributed by atoms with van der Waals surface area (Å²) < 4.78 is 0. The number of nitrogens with zero attached hydrogens (tertiary/aromatic N) is 2. The molecule has 2 amide bonds. The Labute approximate surface area is 130 Å². The molecule has 0 aromatic heterocycles. The topological polar surface area (TPSA) is 76.4 Å². The van der Waals surface area contributed by atoms with E-state index in [0.29, 0.717) is 36.2 Å². The molecule has 1 aliphatic carbocycles. The Balaban J connectivity index is 1.60. The predicted octanol–water partition coefficient (Wildman–Crippen LogP) is 2.57. The first-order chi connectivity index (χ1) is 10.5. The second-order valence-electron chi connectivity index (χ2n) is 6.53. The minimum Gasteiger partial charge on any atom is -0.390 e. The predicted molar refractivity (Wildman–Crippen MR) is 83.2 cm³/mol. The van der Waals surface area contributed by atoms with Crippen molar-refractivity contribution >= 4 is 11.7 Å². The number of nitriles is 1. The number of anilines is 1. The van der Waals surface area contributed by atoms with Gasteiger partial charge in [0.05, 0.1) is 17.2 Å². The highest BCUT2D eigenvalue weighted by Gasteiger charge is 2.48. The van der Waals surface area contributed by atoms with Gasteiger partial charge >= 0.3 is 6.03 Å². The summed E-state index contributed by atoms with van der Waals surface area (Å²) in [4.78, 5) is 14.2. The zero-order valence-corrected chi connectivity index (χ0v) is 12.7. The van der Waals surface area contributed by atoms with Crippen LogP contribution in [0.4, 0.5) is 10.5 Å². The van der Waals surface area contributed by atoms with E-state index in [1.54, 1.807) is 24.3 Å². The van der Waals surface area contributed by atoms with Gasteiger partial charge in [-0.05, 0) is 49.3 Å². The maximum Gasteiger partial charge on any atom is 0.321 e. The Morgan fingerprint density at radius 1 is 1.45 bits per heavy atom. The molecule has 0 bridgehead atoms. The molecule has 1 saturated heterocycles. The lowest BCUT2D eigenvalue weighted by molar-refractivity contribution is 0.0327. The van der Waals surface area contributed by atoms with E-state index >= 15 is 0 Å². The molecule has 1 aliphatic heterocycles. The molecule has 0 radical (unpaired) electrons. The molecule has 1 saturated carbocycles. The number of urea groups is 1. The summed E-state index contributed by atoms with van der Waals surface area (Å²) in [5.41, 5.74) is 0.647. The first-order valence-corrected chi connectivity index (χ1v) is 7.81. The van der Waals surface area contributed by atoms with Crippen molar-refractivity contribution in [1.82, 2.24) is 4.90 Å². The molecule has 3 rings (SSSR count). The molecule has 0 spiro atoms. The third kappa shape index (κ3) is 2.79. The zero-order valence-electron chi connectivity index (χ0n) is 12.7. The molecule has 2 aliphatic rings. The van der Waals surface area contributed by atoms with Crippen molar-refractivity contribution in [2.45, 2.75) is 31.8 Å². The Morgan fingerprint density at radius 2 is 2.14 bits per heavy atom. The van der Waals surface area contributed by atoms with E-state index in [1.807, 2.05) is 11.8 Å². The molecule has 2 fully saturated rings. The van der Waals surface area contributed by atoms with Gasteiger partial charge in [0.15, 0.2) is 0 Å². The molecule has 5 heteroatoms. The number of aliphatic hydroxyl groups is 1. The van der Waals surface area contributed by atoms with Crippen LogP contribution in [0.2, 0.25) is 0 Å². The number of nitrogens with one attached hydrogen (secondary N) is 1. The van der Waals surface area contributed by atoms with Gasteiger partial charge in [-0.25, -0.2) is 4.79 Å². The van der Waals surface area contributed by atoms with E-state index in [0.717, 1.165) is 19.3 Å². The quantitative estimate of drug-likeness (QED) is 0.881. The SMILES string of the molecule is CCC1(O)CC2CN(C(=O)Nc3cccc(C#N)c3)CC2C1. The average molecular weight is 299 g/mol. The van der Waals surface area contributed by atoms with E-state index in [9.17, 15) is 9.90 Å². The molecule has 5 nitrogen and oxygen atoms in total. The van der Waals surface area contributed by atoms with Crippen LogP contribution in [0.15, 0.2) is 24.3 Å². The van der Waals surface area contributed by atoms with Gasteiger partial charge in [-0.15, -0.1) is 0 Å². The highest BCUT2D eigenvalue weighted by atomic mass is 16.3. The zero-order chi connectivity index (χ0) is 15.7. The van der Waals surface area contributed by atoms with Crippen molar-refractivity contribution in [2.75, 3.05) is 18.4 Å². The second kappa shape index (κ2) is 5.62. The number of likely N-dealkylation sites (tertiary alicyclic amines) is 1. The lowest BCUT2D eigenvalue weighted by Gasteiger charge is -2.24. The average Bonchev–Trinajstić information content (AvgIpc) is 3.03. The number of fused-ring (bicyclic) bond motifs is 1. The number of carbonyl (C=O) groups excluding carboxylic acids is 1. The van der Waals surface area contributed by atoms with Crippen molar-refractivity contribution < 1.29 is 9.90 Å². The molecule has 22 heavy (non-hydrogen) atoms. The maximum absolute atomic E-state index is 12.3. The van der Waals surface area contributed by atoms with E-state index in [-0.39, 0.29) is 6.03 Å². The lowest BCUT2D eigenvalue weighted by Crippen LogP contribution is -2.35. The van der Waals surface area contributed by atoms with Gasteiger partial charge in [0, 0.05) is 18.8 Å². The van der Waals surface area contributed by atoms with Crippen LogP contribution in [0, 0.1) is 23.2 Å². The summed E-state index contributed by atoms with van der Waals surface area (Å²) >= 11 is 0. The molecule has 2 unspecified atom stereocenters. The van der Waals surface area contributed by atoms with E-state index in [1.165, 1.54) is 0 Å². The smallest absolute Gasteiger partial charge is 0.321 e. The molecule has 2 atom stereocenters. The van der Waals surface area contributed by atoms with Crippen LogP contribution in [0.3, 0.4) is 0 Å². The fourth-order valence-corrected chi connectivity index (χ4v) is 3.78. The van der Waals surface area contributed by atoms with Gasteiger partial charge < -0.3 is 15.3 Å².